The molecule has 3 rings (SSSR count). The maximum atomic E-state index is 12.4. The summed E-state index contributed by atoms with van der Waals surface area (Å²) in [5.41, 5.74) is -1.22. The van der Waals surface area contributed by atoms with Gasteiger partial charge in [0.15, 0.2) is 0 Å². The van der Waals surface area contributed by atoms with Gasteiger partial charge in [-0.3, -0.25) is 0 Å². The van der Waals surface area contributed by atoms with Crippen LogP contribution in [-0.2, 0) is 9.53 Å². The number of fused-ring (bicyclic) bond motifs is 1. The van der Waals surface area contributed by atoms with Gasteiger partial charge in [0.2, 0.25) is 0 Å². The third-order valence-electron chi connectivity index (χ3n) is 5.21. The number of nitrogens with zero attached hydrogens (tertiary/aromatic N) is 1. The molecule has 118 valence electrons. The third-order valence-corrected chi connectivity index (χ3v) is 5.21. The normalized spacial score (nSPS) is 34.5. The van der Waals surface area contributed by atoms with Crippen molar-refractivity contribution in [1.29, 1.82) is 0 Å². The SMILES string of the molecule is O=C(NC1(C(=O)O)CCOCC1)N1CC2CCC(O)C2C1. The molecule has 3 unspecified atom stereocenters. The summed E-state index contributed by atoms with van der Waals surface area (Å²) < 4.78 is 5.20. The maximum Gasteiger partial charge on any atom is 0.329 e. The highest BCUT2D eigenvalue weighted by Crippen LogP contribution is 2.38. The van der Waals surface area contributed by atoms with E-state index in [1.165, 1.54) is 0 Å². The number of urea groups is 1. The van der Waals surface area contributed by atoms with Crippen molar-refractivity contribution >= 4 is 12.0 Å². The number of aliphatic hydroxyl groups excluding tert-OH is 1. The van der Waals surface area contributed by atoms with Crippen LogP contribution in [0.3, 0.4) is 0 Å². The molecule has 0 radical (unpaired) electrons. The van der Waals surface area contributed by atoms with Gasteiger partial charge in [-0.05, 0) is 18.8 Å². The summed E-state index contributed by atoms with van der Waals surface area (Å²) in [4.78, 5) is 25.6. The number of amides is 2. The van der Waals surface area contributed by atoms with E-state index in [-0.39, 0.29) is 30.9 Å². The van der Waals surface area contributed by atoms with E-state index in [1.807, 2.05) is 0 Å². The Labute approximate surface area is 123 Å². The van der Waals surface area contributed by atoms with Gasteiger partial charge in [0.25, 0.3) is 0 Å². The molecule has 1 aliphatic carbocycles. The number of carboxylic acid groups (broad SMARTS) is 1. The van der Waals surface area contributed by atoms with Crippen LogP contribution in [0.25, 0.3) is 0 Å². The molecule has 2 saturated heterocycles. The Hall–Kier alpha value is -1.34. The van der Waals surface area contributed by atoms with Gasteiger partial charge in [-0.1, -0.05) is 0 Å². The van der Waals surface area contributed by atoms with Crippen molar-refractivity contribution < 1.29 is 24.5 Å². The molecule has 7 nitrogen and oxygen atoms in total. The number of aliphatic hydroxyl groups is 1. The Morgan fingerprint density at radius 1 is 1.19 bits per heavy atom. The molecule has 3 atom stereocenters. The van der Waals surface area contributed by atoms with Gasteiger partial charge < -0.3 is 25.2 Å². The molecule has 0 aromatic carbocycles. The third kappa shape index (κ3) is 2.60. The Morgan fingerprint density at radius 3 is 2.52 bits per heavy atom. The second-order valence-electron chi connectivity index (χ2n) is 6.40. The predicted molar refractivity (Wildman–Crippen MR) is 72.7 cm³/mol. The Kier molecular flexibility index (Phi) is 3.79. The molecular weight excluding hydrogens is 276 g/mol. The molecule has 21 heavy (non-hydrogen) atoms. The van der Waals surface area contributed by atoms with Crippen LogP contribution in [0.4, 0.5) is 4.79 Å². The minimum Gasteiger partial charge on any atom is -0.480 e. The van der Waals surface area contributed by atoms with Gasteiger partial charge in [-0.15, -0.1) is 0 Å². The van der Waals surface area contributed by atoms with E-state index in [0.717, 1.165) is 12.8 Å². The lowest BCUT2D eigenvalue weighted by atomic mass is 9.90. The highest BCUT2D eigenvalue weighted by molar-refractivity contribution is 5.86. The fourth-order valence-electron chi connectivity index (χ4n) is 3.80. The maximum absolute atomic E-state index is 12.4. The lowest BCUT2D eigenvalue weighted by Crippen LogP contribution is -2.60. The van der Waals surface area contributed by atoms with Crippen molar-refractivity contribution in [2.24, 2.45) is 11.8 Å². The van der Waals surface area contributed by atoms with Gasteiger partial charge in [0.1, 0.15) is 5.54 Å². The summed E-state index contributed by atoms with van der Waals surface area (Å²) in [6.07, 6.45) is 1.99. The molecule has 2 heterocycles. The van der Waals surface area contributed by atoms with Crippen LogP contribution in [0.1, 0.15) is 25.7 Å². The zero-order chi connectivity index (χ0) is 15.0. The second kappa shape index (κ2) is 5.46. The van der Waals surface area contributed by atoms with E-state index in [4.69, 9.17) is 4.74 Å². The molecule has 7 heteroatoms. The minimum atomic E-state index is -1.22. The van der Waals surface area contributed by atoms with Crippen molar-refractivity contribution in [3.8, 4) is 0 Å². The number of hydrogen-bond acceptors (Lipinski definition) is 4. The average molecular weight is 298 g/mol. The van der Waals surface area contributed by atoms with E-state index in [0.29, 0.717) is 32.2 Å². The zero-order valence-electron chi connectivity index (χ0n) is 12.0. The minimum absolute atomic E-state index is 0.145. The van der Waals surface area contributed by atoms with Gasteiger partial charge in [-0.2, -0.15) is 0 Å². The predicted octanol–water partition coefficient (Wildman–Crippen LogP) is 0.0325. The molecule has 2 aliphatic heterocycles. The number of carbonyl (C=O) groups is 2. The number of rotatable bonds is 2. The molecule has 3 fully saturated rings. The summed E-state index contributed by atoms with van der Waals surface area (Å²) >= 11 is 0. The molecule has 0 aromatic heterocycles. The largest absolute Gasteiger partial charge is 0.480 e. The van der Waals surface area contributed by atoms with Crippen LogP contribution in [0.2, 0.25) is 0 Å². The molecule has 0 spiro atoms. The van der Waals surface area contributed by atoms with Crippen LogP contribution in [0, 0.1) is 11.8 Å². The Balaban J connectivity index is 1.64. The number of carbonyl (C=O) groups excluding carboxylic acids is 1. The highest BCUT2D eigenvalue weighted by Gasteiger charge is 2.46. The fourth-order valence-corrected chi connectivity index (χ4v) is 3.80. The Bertz CT molecular complexity index is 435. The number of carboxylic acids is 1. The van der Waals surface area contributed by atoms with Crippen LogP contribution in [0.15, 0.2) is 0 Å². The summed E-state index contributed by atoms with van der Waals surface area (Å²) in [6, 6.07) is -0.332. The lowest BCUT2D eigenvalue weighted by molar-refractivity contribution is -0.148. The second-order valence-corrected chi connectivity index (χ2v) is 6.40. The first-order valence-electron chi connectivity index (χ1n) is 7.58. The van der Waals surface area contributed by atoms with Gasteiger partial charge >= 0.3 is 12.0 Å². The smallest absolute Gasteiger partial charge is 0.329 e. The van der Waals surface area contributed by atoms with Crippen molar-refractivity contribution in [2.45, 2.75) is 37.3 Å². The fraction of sp³-hybridized carbons (Fsp3) is 0.857. The molecule has 1 saturated carbocycles. The number of ether oxygens (including phenoxy) is 1. The van der Waals surface area contributed by atoms with E-state index >= 15 is 0 Å². The average Bonchev–Trinajstić information content (AvgIpc) is 3.02. The van der Waals surface area contributed by atoms with Crippen LogP contribution >= 0.6 is 0 Å². The summed E-state index contributed by atoms with van der Waals surface area (Å²) in [5, 5.41) is 22.0. The van der Waals surface area contributed by atoms with E-state index < -0.39 is 11.5 Å². The monoisotopic (exact) mass is 298 g/mol. The van der Waals surface area contributed by atoms with Gasteiger partial charge in [0, 0.05) is 45.1 Å². The van der Waals surface area contributed by atoms with Crippen LogP contribution in [-0.4, -0.2) is 65.1 Å². The number of likely N-dealkylation sites (tertiary alicyclic amines) is 1. The van der Waals surface area contributed by atoms with E-state index in [2.05, 4.69) is 5.32 Å². The van der Waals surface area contributed by atoms with Gasteiger partial charge in [0.05, 0.1) is 6.10 Å². The summed E-state index contributed by atoms with van der Waals surface area (Å²) in [6.45, 7) is 1.82. The Morgan fingerprint density at radius 2 is 1.90 bits per heavy atom. The molecule has 3 aliphatic rings. The standard InChI is InChI=1S/C14H22N2O5/c17-11-2-1-9-7-16(8-10(9)11)13(20)15-14(12(18)19)3-5-21-6-4-14/h9-11,17H,1-8H2,(H,15,20)(H,18,19). The lowest BCUT2D eigenvalue weighted by Gasteiger charge is -2.35. The number of aliphatic carboxylic acids is 1. The summed E-state index contributed by atoms with van der Waals surface area (Å²) in [7, 11) is 0. The van der Waals surface area contributed by atoms with E-state index in [1.54, 1.807) is 4.90 Å². The molecule has 0 aromatic rings. The number of hydrogen-bond donors (Lipinski definition) is 3. The van der Waals surface area contributed by atoms with Gasteiger partial charge in [-0.25, -0.2) is 9.59 Å². The highest BCUT2D eigenvalue weighted by atomic mass is 16.5. The first-order chi connectivity index (χ1) is 10.0. The van der Waals surface area contributed by atoms with Crippen LogP contribution in [0.5, 0.6) is 0 Å². The summed E-state index contributed by atoms with van der Waals surface area (Å²) in [5.74, 6) is -0.508. The molecule has 0 bridgehead atoms. The van der Waals surface area contributed by atoms with Crippen molar-refractivity contribution in [3.63, 3.8) is 0 Å². The van der Waals surface area contributed by atoms with Crippen molar-refractivity contribution in [3.05, 3.63) is 0 Å². The van der Waals surface area contributed by atoms with Crippen molar-refractivity contribution in [2.75, 3.05) is 26.3 Å². The molecule has 3 N–H and O–H groups in total. The number of nitrogens with one attached hydrogen (secondary N) is 1. The first kappa shape index (κ1) is 14.6. The zero-order valence-corrected chi connectivity index (χ0v) is 12.0. The van der Waals surface area contributed by atoms with Crippen LogP contribution < -0.4 is 5.32 Å². The topological polar surface area (TPSA) is 99.1 Å². The van der Waals surface area contributed by atoms with Crippen molar-refractivity contribution in [1.82, 2.24) is 10.2 Å². The quantitative estimate of drug-likeness (QED) is 0.668. The molecule has 2 amide bonds. The van der Waals surface area contributed by atoms with E-state index in [9.17, 15) is 19.8 Å². The first-order valence-corrected chi connectivity index (χ1v) is 7.58. The molecular formula is C14H22N2O5.